The van der Waals surface area contributed by atoms with Crippen LogP contribution in [-0.2, 0) is 4.79 Å². The molecule has 1 saturated carbocycles. The number of hydrogen-bond donors (Lipinski definition) is 2. The molecular formula is C15H19N5O2S2. The van der Waals surface area contributed by atoms with E-state index in [0.717, 1.165) is 28.7 Å². The molecule has 7 nitrogen and oxygen atoms in total. The predicted octanol–water partition coefficient (Wildman–Crippen LogP) is 2.67. The minimum absolute atomic E-state index is 0.339. The third-order valence-corrected chi connectivity index (χ3v) is 5.47. The summed E-state index contributed by atoms with van der Waals surface area (Å²) >= 11 is 2.95. The summed E-state index contributed by atoms with van der Waals surface area (Å²) in [6.07, 6.45) is 2.20. The van der Waals surface area contributed by atoms with Crippen LogP contribution in [0, 0.1) is 0 Å². The molecule has 0 aliphatic heterocycles. The molecule has 1 unspecified atom stereocenters. The fourth-order valence-corrected chi connectivity index (χ4v) is 3.85. The molecule has 128 valence electrons. The van der Waals surface area contributed by atoms with Crippen LogP contribution in [0.1, 0.15) is 32.7 Å². The van der Waals surface area contributed by atoms with Gasteiger partial charge in [-0.05, 0) is 38.1 Å². The number of urea groups is 1. The average molecular weight is 365 g/mol. The largest absolute Gasteiger partial charge is 0.338 e. The lowest BCUT2D eigenvalue weighted by molar-refractivity contribution is -0.119. The van der Waals surface area contributed by atoms with E-state index in [4.69, 9.17) is 0 Å². The summed E-state index contributed by atoms with van der Waals surface area (Å²) in [4.78, 5) is 24.7. The molecule has 2 aromatic heterocycles. The third kappa shape index (κ3) is 3.78. The lowest BCUT2D eigenvalue weighted by atomic mass is 10.4. The zero-order valence-corrected chi connectivity index (χ0v) is 15.1. The van der Waals surface area contributed by atoms with Gasteiger partial charge in [-0.3, -0.25) is 14.7 Å². The standard InChI is InChI=1S/C15H19N5O2S2/c1-3-16-14(22)17-13(21)9(2)24-15-19-18-12(11-5-4-8-23-11)20(15)10-6-7-10/h4-5,8-10H,3,6-7H2,1-2H3,(H2,16,17,21,22). The van der Waals surface area contributed by atoms with Crippen LogP contribution >= 0.6 is 23.1 Å². The Bertz CT molecular complexity index is 724. The molecule has 0 spiro atoms. The Kier molecular flexibility index (Phi) is 5.20. The van der Waals surface area contributed by atoms with Crippen LogP contribution in [0.5, 0.6) is 0 Å². The van der Waals surface area contributed by atoms with Crippen molar-refractivity contribution in [3.8, 4) is 10.7 Å². The SMILES string of the molecule is CCNC(=O)NC(=O)C(C)Sc1nnc(-c2cccs2)n1C1CC1. The van der Waals surface area contributed by atoms with Gasteiger partial charge in [0.05, 0.1) is 10.1 Å². The van der Waals surface area contributed by atoms with Crippen LogP contribution in [0.3, 0.4) is 0 Å². The molecule has 2 aromatic rings. The van der Waals surface area contributed by atoms with Crippen molar-refractivity contribution in [2.24, 2.45) is 0 Å². The fraction of sp³-hybridized carbons (Fsp3) is 0.467. The minimum Gasteiger partial charge on any atom is -0.338 e. The van der Waals surface area contributed by atoms with Gasteiger partial charge in [-0.25, -0.2) is 4.79 Å². The van der Waals surface area contributed by atoms with Crippen molar-refractivity contribution in [2.75, 3.05) is 6.54 Å². The summed E-state index contributed by atoms with van der Waals surface area (Å²) in [7, 11) is 0. The number of thioether (sulfide) groups is 1. The maximum absolute atomic E-state index is 12.1. The lowest BCUT2D eigenvalue weighted by Crippen LogP contribution is -2.42. The van der Waals surface area contributed by atoms with Gasteiger partial charge in [0.25, 0.3) is 0 Å². The summed E-state index contributed by atoms with van der Waals surface area (Å²) in [5, 5.41) is 15.8. The number of hydrogen-bond acceptors (Lipinski definition) is 6. The smallest absolute Gasteiger partial charge is 0.321 e. The number of imide groups is 1. The Labute approximate surface area is 148 Å². The van der Waals surface area contributed by atoms with Crippen LogP contribution in [0.15, 0.2) is 22.7 Å². The molecule has 3 rings (SSSR count). The molecule has 3 amide bonds. The van der Waals surface area contributed by atoms with Gasteiger partial charge in [0, 0.05) is 12.6 Å². The summed E-state index contributed by atoms with van der Waals surface area (Å²) in [6, 6.07) is 3.94. The topological polar surface area (TPSA) is 88.9 Å². The Morgan fingerprint density at radius 1 is 1.46 bits per heavy atom. The monoisotopic (exact) mass is 365 g/mol. The number of carbonyl (C=O) groups excluding carboxylic acids is 2. The highest BCUT2D eigenvalue weighted by molar-refractivity contribution is 8.00. The molecule has 0 aromatic carbocycles. The molecule has 0 saturated heterocycles. The van der Waals surface area contributed by atoms with E-state index in [9.17, 15) is 9.59 Å². The van der Waals surface area contributed by atoms with Gasteiger partial charge in [0.15, 0.2) is 11.0 Å². The van der Waals surface area contributed by atoms with Crippen molar-refractivity contribution in [3.63, 3.8) is 0 Å². The van der Waals surface area contributed by atoms with E-state index in [2.05, 4.69) is 25.4 Å². The second-order valence-electron chi connectivity index (χ2n) is 5.49. The lowest BCUT2D eigenvalue weighted by Gasteiger charge is -2.12. The van der Waals surface area contributed by atoms with Crippen LogP contribution in [0.2, 0.25) is 0 Å². The van der Waals surface area contributed by atoms with Gasteiger partial charge in [-0.15, -0.1) is 21.5 Å². The maximum Gasteiger partial charge on any atom is 0.321 e. The predicted molar refractivity (Wildman–Crippen MR) is 94.1 cm³/mol. The highest BCUT2D eigenvalue weighted by Crippen LogP contribution is 2.42. The number of aromatic nitrogens is 3. The van der Waals surface area contributed by atoms with E-state index >= 15 is 0 Å². The quantitative estimate of drug-likeness (QED) is 0.768. The fourth-order valence-electron chi connectivity index (χ4n) is 2.22. The van der Waals surface area contributed by atoms with Crippen molar-refractivity contribution < 1.29 is 9.59 Å². The normalized spacial score (nSPS) is 15.1. The molecule has 0 bridgehead atoms. The Morgan fingerprint density at radius 2 is 2.25 bits per heavy atom. The van der Waals surface area contributed by atoms with E-state index in [1.165, 1.54) is 11.8 Å². The van der Waals surface area contributed by atoms with E-state index < -0.39 is 11.3 Å². The summed E-state index contributed by atoms with van der Waals surface area (Å²) in [5.41, 5.74) is 0. The van der Waals surface area contributed by atoms with E-state index in [-0.39, 0.29) is 5.91 Å². The van der Waals surface area contributed by atoms with Crippen LogP contribution in [0.25, 0.3) is 10.7 Å². The highest BCUT2D eigenvalue weighted by atomic mass is 32.2. The van der Waals surface area contributed by atoms with Gasteiger partial charge in [-0.2, -0.15) is 0 Å². The number of amides is 3. The second kappa shape index (κ2) is 7.35. The van der Waals surface area contributed by atoms with Crippen molar-refractivity contribution in [1.82, 2.24) is 25.4 Å². The maximum atomic E-state index is 12.1. The van der Waals surface area contributed by atoms with Gasteiger partial charge in [0.1, 0.15) is 0 Å². The first-order valence-corrected chi connectivity index (χ1v) is 9.60. The molecule has 9 heteroatoms. The molecule has 1 aliphatic rings. The molecule has 24 heavy (non-hydrogen) atoms. The molecule has 1 aliphatic carbocycles. The molecule has 2 N–H and O–H groups in total. The first kappa shape index (κ1) is 17.0. The van der Waals surface area contributed by atoms with Crippen molar-refractivity contribution in [2.45, 2.75) is 43.1 Å². The number of nitrogens with one attached hydrogen (secondary N) is 2. The zero-order chi connectivity index (χ0) is 17.1. The molecule has 0 radical (unpaired) electrons. The summed E-state index contributed by atoms with van der Waals surface area (Å²) < 4.78 is 2.12. The first-order chi connectivity index (χ1) is 11.6. The summed E-state index contributed by atoms with van der Waals surface area (Å²) in [6.45, 7) is 4.03. The number of carbonyl (C=O) groups is 2. The molecule has 1 atom stereocenters. The Morgan fingerprint density at radius 3 is 2.88 bits per heavy atom. The highest BCUT2D eigenvalue weighted by Gasteiger charge is 2.31. The van der Waals surface area contributed by atoms with Crippen molar-refractivity contribution >= 4 is 35.0 Å². The second-order valence-corrected chi connectivity index (χ2v) is 7.75. The Hall–Kier alpha value is -1.87. The number of thiophene rings is 1. The minimum atomic E-state index is -0.474. The van der Waals surface area contributed by atoms with Crippen LogP contribution < -0.4 is 10.6 Å². The van der Waals surface area contributed by atoms with Gasteiger partial charge < -0.3 is 5.32 Å². The first-order valence-electron chi connectivity index (χ1n) is 7.84. The van der Waals surface area contributed by atoms with E-state index in [0.29, 0.717) is 12.6 Å². The Balaban J connectivity index is 1.73. The summed E-state index contributed by atoms with van der Waals surface area (Å²) in [5.74, 6) is 0.514. The molecular weight excluding hydrogens is 346 g/mol. The number of rotatable bonds is 6. The van der Waals surface area contributed by atoms with Crippen molar-refractivity contribution in [3.05, 3.63) is 17.5 Å². The van der Waals surface area contributed by atoms with Gasteiger partial charge in [0.2, 0.25) is 5.91 Å². The molecule has 1 fully saturated rings. The third-order valence-electron chi connectivity index (χ3n) is 3.54. The van der Waals surface area contributed by atoms with Crippen molar-refractivity contribution in [1.29, 1.82) is 0 Å². The van der Waals surface area contributed by atoms with Crippen LogP contribution in [-0.4, -0.2) is 38.5 Å². The zero-order valence-electron chi connectivity index (χ0n) is 13.5. The van der Waals surface area contributed by atoms with E-state index in [1.807, 2.05) is 17.5 Å². The van der Waals surface area contributed by atoms with Crippen LogP contribution in [0.4, 0.5) is 4.79 Å². The van der Waals surface area contributed by atoms with E-state index in [1.54, 1.807) is 25.2 Å². The van der Waals surface area contributed by atoms with Gasteiger partial charge in [-0.1, -0.05) is 17.8 Å². The molecule has 2 heterocycles. The van der Waals surface area contributed by atoms with Gasteiger partial charge >= 0.3 is 6.03 Å². The average Bonchev–Trinajstić information content (AvgIpc) is 3.08. The number of nitrogens with zero attached hydrogens (tertiary/aromatic N) is 3.